The Bertz CT molecular complexity index is 834. The van der Waals surface area contributed by atoms with Crippen molar-refractivity contribution < 1.29 is 9.18 Å². The summed E-state index contributed by atoms with van der Waals surface area (Å²) in [6, 6.07) is 7.03. The number of anilines is 1. The third kappa shape index (κ3) is 8.53. The second-order valence-electron chi connectivity index (χ2n) is 8.85. The van der Waals surface area contributed by atoms with Gasteiger partial charge in [0.15, 0.2) is 0 Å². The van der Waals surface area contributed by atoms with Crippen molar-refractivity contribution in [2.45, 2.75) is 39.7 Å². The van der Waals surface area contributed by atoms with E-state index in [0.29, 0.717) is 17.5 Å². The zero-order valence-corrected chi connectivity index (χ0v) is 20.5. The third-order valence-corrected chi connectivity index (χ3v) is 5.92. The van der Waals surface area contributed by atoms with Gasteiger partial charge < -0.3 is 10.6 Å². The Morgan fingerprint density at radius 1 is 1.41 bits per heavy atom. The SMILES string of the molecule is C=C(Cl)/C=C\C=C(/F)C(C(C(=O)Nc1cccc(C)c1)N(C)CC1CC1)[C@@H](C)CNCC. The van der Waals surface area contributed by atoms with E-state index in [-0.39, 0.29) is 17.7 Å². The maximum absolute atomic E-state index is 15.6. The molecular formula is C26H37ClFN3O. The fraction of sp³-hybridized carbons (Fsp3) is 0.500. The monoisotopic (exact) mass is 461 g/mol. The van der Waals surface area contributed by atoms with E-state index in [2.05, 4.69) is 17.2 Å². The average Bonchev–Trinajstić information content (AvgIpc) is 3.53. The van der Waals surface area contributed by atoms with Crippen molar-refractivity contribution >= 4 is 23.2 Å². The standard InChI is InChI=1S/C26H37ClFN3O/c1-6-29-16-19(3)24(23(28)12-8-10-20(4)27)25(31(5)17-21-13-14-21)26(32)30-22-11-7-9-18(2)15-22/h7-12,15,19,21,24-25,29H,4,6,13-14,16-17H2,1-3,5H3,(H,30,32)/b10-8-,23-12-/t19-,24?,25?/m0/s1. The summed E-state index contributed by atoms with van der Waals surface area (Å²) in [6.07, 6.45) is 6.82. The maximum atomic E-state index is 15.6. The van der Waals surface area contributed by atoms with Gasteiger partial charge in [-0.05, 0) is 81.6 Å². The van der Waals surface area contributed by atoms with Crippen molar-refractivity contribution in [3.63, 3.8) is 0 Å². The zero-order valence-electron chi connectivity index (χ0n) is 19.7. The summed E-state index contributed by atoms with van der Waals surface area (Å²) in [7, 11) is 1.93. The van der Waals surface area contributed by atoms with Crippen molar-refractivity contribution in [3.8, 4) is 0 Å². The zero-order chi connectivity index (χ0) is 23.7. The quantitative estimate of drug-likeness (QED) is 0.372. The molecule has 0 spiro atoms. The van der Waals surface area contributed by atoms with Crippen LogP contribution in [0.3, 0.4) is 0 Å². The van der Waals surface area contributed by atoms with E-state index in [4.69, 9.17) is 11.6 Å². The minimum Gasteiger partial charge on any atom is -0.325 e. The highest BCUT2D eigenvalue weighted by molar-refractivity contribution is 6.30. The number of likely N-dealkylation sites (N-methyl/N-ethyl adjacent to an activating group) is 1. The number of allylic oxidation sites excluding steroid dienone is 4. The first-order valence-corrected chi connectivity index (χ1v) is 11.8. The smallest absolute Gasteiger partial charge is 0.242 e. The fourth-order valence-electron chi connectivity index (χ4n) is 3.99. The van der Waals surface area contributed by atoms with Gasteiger partial charge in [0.25, 0.3) is 0 Å². The molecule has 32 heavy (non-hydrogen) atoms. The number of carbonyl (C=O) groups is 1. The van der Waals surface area contributed by atoms with Crippen molar-refractivity contribution in [2.24, 2.45) is 17.8 Å². The van der Waals surface area contributed by atoms with E-state index < -0.39 is 12.0 Å². The number of hydrogen-bond acceptors (Lipinski definition) is 3. The molecule has 176 valence electrons. The van der Waals surface area contributed by atoms with Crippen LogP contribution < -0.4 is 10.6 Å². The minimum atomic E-state index is -0.645. The normalized spacial score (nSPS) is 17.4. The van der Waals surface area contributed by atoms with E-state index in [0.717, 1.165) is 37.2 Å². The van der Waals surface area contributed by atoms with E-state index in [1.807, 2.05) is 57.0 Å². The summed E-state index contributed by atoms with van der Waals surface area (Å²) in [5, 5.41) is 6.66. The third-order valence-electron chi connectivity index (χ3n) is 5.79. The Labute approximate surface area is 197 Å². The first-order valence-electron chi connectivity index (χ1n) is 11.4. The Morgan fingerprint density at radius 3 is 2.72 bits per heavy atom. The summed E-state index contributed by atoms with van der Waals surface area (Å²) in [4.78, 5) is 15.6. The topological polar surface area (TPSA) is 44.4 Å². The van der Waals surface area contributed by atoms with E-state index in [1.165, 1.54) is 6.08 Å². The van der Waals surface area contributed by atoms with Gasteiger partial charge in [0.1, 0.15) is 5.83 Å². The van der Waals surface area contributed by atoms with Crippen LogP contribution in [0.2, 0.25) is 0 Å². The van der Waals surface area contributed by atoms with Crippen LogP contribution in [-0.4, -0.2) is 43.5 Å². The molecule has 3 atom stereocenters. The molecule has 1 amide bonds. The lowest BCUT2D eigenvalue weighted by atomic mass is 9.83. The largest absolute Gasteiger partial charge is 0.325 e. The molecule has 1 aromatic rings. The molecule has 2 rings (SSSR count). The molecule has 1 saturated carbocycles. The second kappa shape index (κ2) is 12.9. The molecule has 1 aliphatic rings. The number of nitrogens with one attached hydrogen (secondary N) is 2. The Morgan fingerprint density at radius 2 is 2.12 bits per heavy atom. The summed E-state index contributed by atoms with van der Waals surface area (Å²) >= 11 is 5.79. The minimum absolute atomic E-state index is 0.103. The molecule has 0 bridgehead atoms. The molecule has 4 nitrogen and oxygen atoms in total. The molecule has 0 saturated heterocycles. The van der Waals surface area contributed by atoms with Crippen LogP contribution in [0.5, 0.6) is 0 Å². The van der Waals surface area contributed by atoms with Crippen LogP contribution in [0.4, 0.5) is 10.1 Å². The number of rotatable bonds is 13. The molecule has 0 aromatic heterocycles. The molecule has 0 aliphatic heterocycles. The summed E-state index contributed by atoms with van der Waals surface area (Å²) in [5.74, 6) is -0.673. The summed E-state index contributed by atoms with van der Waals surface area (Å²) < 4.78 is 15.6. The molecule has 1 aromatic carbocycles. The van der Waals surface area contributed by atoms with Gasteiger partial charge in [-0.25, -0.2) is 4.39 Å². The van der Waals surface area contributed by atoms with E-state index in [1.54, 1.807) is 12.2 Å². The molecule has 0 radical (unpaired) electrons. The van der Waals surface area contributed by atoms with E-state index >= 15 is 4.39 Å². The molecular weight excluding hydrogens is 425 g/mol. The van der Waals surface area contributed by atoms with Crippen LogP contribution in [0.15, 0.2) is 59.9 Å². The number of nitrogens with zero attached hydrogens (tertiary/aromatic N) is 1. The summed E-state index contributed by atoms with van der Waals surface area (Å²) in [6.45, 7) is 11.8. The van der Waals surface area contributed by atoms with Gasteiger partial charge in [-0.2, -0.15) is 0 Å². The Hall–Kier alpha value is -1.95. The molecule has 1 aliphatic carbocycles. The lowest BCUT2D eigenvalue weighted by molar-refractivity contribution is -0.123. The first kappa shape index (κ1) is 26.3. The highest BCUT2D eigenvalue weighted by Gasteiger charge is 2.39. The highest BCUT2D eigenvalue weighted by Crippen LogP contribution is 2.34. The molecule has 2 unspecified atom stereocenters. The molecule has 1 fully saturated rings. The van der Waals surface area contributed by atoms with Crippen molar-refractivity contribution in [1.29, 1.82) is 0 Å². The van der Waals surface area contributed by atoms with Crippen molar-refractivity contribution in [2.75, 3.05) is 32.0 Å². The number of halogens is 2. The van der Waals surface area contributed by atoms with Gasteiger partial charge in [0.2, 0.25) is 5.91 Å². The van der Waals surface area contributed by atoms with Crippen LogP contribution in [0, 0.1) is 24.7 Å². The number of amides is 1. The lowest BCUT2D eigenvalue weighted by Crippen LogP contribution is -2.51. The Kier molecular flexibility index (Phi) is 10.6. The van der Waals surface area contributed by atoms with Gasteiger partial charge in [-0.15, -0.1) is 0 Å². The van der Waals surface area contributed by atoms with Gasteiger partial charge >= 0.3 is 0 Å². The van der Waals surface area contributed by atoms with Crippen LogP contribution in [-0.2, 0) is 4.79 Å². The van der Waals surface area contributed by atoms with Crippen LogP contribution in [0.25, 0.3) is 0 Å². The van der Waals surface area contributed by atoms with Gasteiger partial charge in [-0.3, -0.25) is 9.69 Å². The molecule has 6 heteroatoms. The van der Waals surface area contributed by atoms with Crippen molar-refractivity contribution in [3.05, 3.63) is 65.5 Å². The number of carbonyl (C=O) groups excluding carboxylic acids is 1. The van der Waals surface area contributed by atoms with Gasteiger partial charge in [0, 0.05) is 23.2 Å². The highest BCUT2D eigenvalue weighted by atomic mass is 35.5. The van der Waals surface area contributed by atoms with Gasteiger partial charge in [-0.1, -0.05) is 50.2 Å². The fourth-order valence-corrected chi connectivity index (χ4v) is 4.06. The number of aryl methyl sites for hydroxylation is 1. The van der Waals surface area contributed by atoms with Crippen LogP contribution >= 0.6 is 11.6 Å². The molecule has 2 N–H and O–H groups in total. The van der Waals surface area contributed by atoms with Gasteiger partial charge in [0.05, 0.1) is 6.04 Å². The maximum Gasteiger partial charge on any atom is 0.242 e. The van der Waals surface area contributed by atoms with Crippen LogP contribution in [0.1, 0.15) is 32.3 Å². The average molecular weight is 462 g/mol. The number of hydrogen-bond donors (Lipinski definition) is 2. The van der Waals surface area contributed by atoms with Crippen molar-refractivity contribution in [1.82, 2.24) is 10.2 Å². The Balaban J connectivity index is 2.38. The molecule has 0 heterocycles. The van der Waals surface area contributed by atoms with E-state index in [9.17, 15) is 4.79 Å². The summed E-state index contributed by atoms with van der Waals surface area (Å²) in [5.41, 5.74) is 1.78. The predicted octanol–water partition coefficient (Wildman–Crippen LogP) is 5.67. The second-order valence-corrected chi connectivity index (χ2v) is 9.34. The first-order chi connectivity index (χ1) is 15.2. The number of benzene rings is 1. The predicted molar refractivity (Wildman–Crippen MR) is 133 cm³/mol. The lowest BCUT2D eigenvalue weighted by Gasteiger charge is -2.36.